The highest BCUT2D eigenvalue weighted by Gasteiger charge is 2.31. The average molecular weight is 425 g/mol. The molecule has 2 amide bonds. The minimum atomic E-state index is -0.541. The number of rotatable bonds is 3. The summed E-state index contributed by atoms with van der Waals surface area (Å²) < 4.78 is 11.2. The van der Waals surface area contributed by atoms with Crippen LogP contribution in [0.1, 0.15) is 37.6 Å². The summed E-state index contributed by atoms with van der Waals surface area (Å²) in [5, 5.41) is 3.01. The Bertz CT molecular complexity index is 960. The fraction of sp³-hybridized carbons (Fsp3) is 0.455. The van der Waals surface area contributed by atoms with Gasteiger partial charge < -0.3 is 24.6 Å². The topological polar surface area (TPSA) is 96.9 Å². The summed E-state index contributed by atoms with van der Waals surface area (Å²) in [7, 11) is 0. The summed E-state index contributed by atoms with van der Waals surface area (Å²) in [4.78, 5) is 37.2. The standard InChI is InChI=1S/C22H27N5O4/c1-22(2,3)31-21(29)26-10-7-16(14-26)25-19(28)15-5-6-17-18(13-15)30-12-11-27(17)20-23-8-4-9-24-20/h4-6,8-9,13,16H,7,10-12,14H2,1-3H3,(H,25,28)/t16-/m1/s1. The maximum absolute atomic E-state index is 12.8. The summed E-state index contributed by atoms with van der Waals surface area (Å²) in [6.07, 6.45) is 3.73. The van der Waals surface area contributed by atoms with Crippen LogP contribution in [0.4, 0.5) is 16.4 Å². The Morgan fingerprint density at radius 3 is 2.71 bits per heavy atom. The molecule has 2 aromatic rings. The molecule has 3 heterocycles. The van der Waals surface area contributed by atoms with Gasteiger partial charge in [0.1, 0.15) is 18.0 Å². The van der Waals surface area contributed by atoms with Gasteiger partial charge in [-0.1, -0.05) is 0 Å². The molecule has 1 aromatic heterocycles. The van der Waals surface area contributed by atoms with Crippen molar-refractivity contribution in [3.63, 3.8) is 0 Å². The third-order valence-electron chi connectivity index (χ3n) is 5.05. The molecule has 9 nitrogen and oxygen atoms in total. The normalized spacial score (nSPS) is 18.2. The van der Waals surface area contributed by atoms with Gasteiger partial charge in [-0.25, -0.2) is 14.8 Å². The summed E-state index contributed by atoms with van der Waals surface area (Å²) in [6.45, 7) is 7.60. The van der Waals surface area contributed by atoms with Crippen LogP contribution in [0.2, 0.25) is 0 Å². The van der Waals surface area contributed by atoms with E-state index in [1.807, 2.05) is 31.7 Å². The van der Waals surface area contributed by atoms with Crippen molar-refractivity contribution in [3.8, 4) is 5.75 Å². The number of benzene rings is 1. The van der Waals surface area contributed by atoms with Crippen molar-refractivity contribution in [1.82, 2.24) is 20.2 Å². The number of hydrogen-bond acceptors (Lipinski definition) is 7. The van der Waals surface area contributed by atoms with Crippen LogP contribution >= 0.6 is 0 Å². The molecule has 0 saturated carbocycles. The molecule has 1 N–H and O–H groups in total. The summed E-state index contributed by atoms with van der Waals surface area (Å²) in [6, 6.07) is 7.00. The molecule has 1 saturated heterocycles. The van der Waals surface area contributed by atoms with E-state index in [-0.39, 0.29) is 18.0 Å². The van der Waals surface area contributed by atoms with Gasteiger partial charge in [-0.15, -0.1) is 0 Å². The van der Waals surface area contributed by atoms with E-state index in [2.05, 4.69) is 15.3 Å². The number of ether oxygens (including phenoxy) is 2. The third-order valence-corrected chi connectivity index (χ3v) is 5.05. The highest BCUT2D eigenvalue weighted by molar-refractivity contribution is 5.95. The zero-order chi connectivity index (χ0) is 22.0. The van der Waals surface area contributed by atoms with Crippen LogP contribution in [0, 0.1) is 0 Å². The average Bonchev–Trinajstić information content (AvgIpc) is 3.21. The molecule has 0 spiro atoms. The number of aromatic nitrogens is 2. The molecule has 1 atom stereocenters. The van der Waals surface area contributed by atoms with Crippen molar-refractivity contribution >= 4 is 23.6 Å². The van der Waals surface area contributed by atoms with Crippen molar-refractivity contribution in [2.24, 2.45) is 0 Å². The lowest BCUT2D eigenvalue weighted by Gasteiger charge is -2.29. The van der Waals surface area contributed by atoms with Gasteiger partial charge in [0.25, 0.3) is 5.91 Å². The first-order valence-electron chi connectivity index (χ1n) is 10.4. The SMILES string of the molecule is CC(C)(C)OC(=O)N1CC[C@@H](NC(=O)c2ccc3c(c2)OCCN3c2ncccn2)C1. The van der Waals surface area contributed by atoms with Crippen LogP contribution < -0.4 is 15.0 Å². The Hall–Kier alpha value is -3.36. The van der Waals surface area contributed by atoms with Crippen molar-refractivity contribution in [2.75, 3.05) is 31.1 Å². The summed E-state index contributed by atoms with van der Waals surface area (Å²) in [5.74, 6) is 1.01. The Kier molecular flexibility index (Phi) is 5.67. The Balaban J connectivity index is 1.41. The zero-order valence-corrected chi connectivity index (χ0v) is 18.0. The molecule has 0 bridgehead atoms. The maximum atomic E-state index is 12.8. The van der Waals surface area contributed by atoms with Gasteiger partial charge in [0.2, 0.25) is 5.95 Å². The number of carbonyl (C=O) groups is 2. The fourth-order valence-electron chi connectivity index (χ4n) is 3.64. The molecular weight excluding hydrogens is 398 g/mol. The molecule has 1 fully saturated rings. The lowest BCUT2D eigenvalue weighted by atomic mass is 10.1. The van der Waals surface area contributed by atoms with Gasteiger partial charge in [0.15, 0.2) is 0 Å². The maximum Gasteiger partial charge on any atom is 0.410 e. The van der Waals surface area contributed by atoms with Gasteiger partial charge in [0.05, 0.1) is 12.2 Å². The quantitative estimate of drug-likeness (QED) is 0.808. The first kappa shape index (κ1) is 20.9. The zero-order valence-electron chi connectivity index (χ0n) is 18.0. The molecule has 2 aliphatic heterocycles. The van der Waals surface area contributed by atoms with E-state index in [0.717, 1.165) is 5.69 Å². The molecule has 9 heteroatoms. The first-order chi connectivity index (χ1) is 14.8. The van der Waals surface area contributed by atoms with Gasteiger partial charge >= 0.3 is 6.09 Å². The number of anilines is 2. The van der Waals surface area contributed by atoms with E-state index in [1.165, 1.54) is 0 Å². The van der Waals surface area contributed by atoms with Crippen LogP contribution in [0.25, 0.3) is 0 Å². The van der Waals surface area contributed by atoms with E-state index in [0.29, 0.717) is 49.9 Å². The fourth-order valence-corrected chi connectivity index (χ4v) is 3.64. The Morgan fingerprint density at radius 2 is 1.97 bits per heavy atom. The van der Waals surface area contributed by atoms with Crippen LogP contribution in [-0.2, 0) is 4.74 Å². The van der Waals surface area contributed by atoms with Crippen molar-refractivity contribution in [2.45, 2.75) is 38.8 Å². The van der Waals surface area contributed by atoms with E-state index >= 15 is 0 Å². The number of likely N-dealkylation sites (tertiary alicyclic amines) is 1. The molecule has 2 aliphatic rings. The van der Waals surface area contributed by atoms with Crippen LogP contribution in [0.5, 0.6) is 5.75 Å². The predicted octanol–water partition coefficient (Wildman–Crippen LogP) is 2.75. The van der Waals surface area contributed by atoms with Crippen LogP contribution in [0.3, 0.4) is 0 Å². The number of nitrogens with zero attached hydrogens (tertiary/aromatic N) is 4. The second-order valence-corrected chi connectivity index (χ2v) is 8.62. The Morgan fingerprint density at radius 1 is 1.19 bits per heavy atom. The highest BCUT2D eigenvalue weighted by Crippen LogP contribution is 2.35. The number of hydrogen-bond donors (Lipinski definition) is 1. The largest absolute Gasteiger partial charge is 0.490 e. The molecule has 4 rings (SSSR count). The van der Waals surface area contributed by atoms with E-state index in [1.54, 1.807) is 35.5 Å². The summed E-state index contributed by atoms with van der Waals surface area (Å²) >= 11 is 0. The lowest BCUT2D eigenvalue weighted by Crippen LogP contribution is -2.40. The molecule has 0 aliphatic carbocycles. The molecular formula is C22H27N5O4. The minimum absolute atomic E-state index is 0.119. The van der Waals surface area contributed by atoms with Crippen LogP contribution in [-0.4, -0.2) is 64.8 Å². The van der Waals surface area contributed by atoms with E-state index < -0.39 is 5.60 Å². The van der Waals surface area contributed by atoms with Crippen molar-refractivity contribution < 1.29 is 19.1 Å². The van der Waals surface area contributed by atoms with Gasteiger partial charge in [-0.2, -0.15) is 0 Å². The number of fused-ring (bicyclic) bond motifs is 1. The Labute approximate surface area is 181 Å². The van der Waals surface area contributed by atoms with Gasteiger partial charge in [0, 0.05) is 37.1 Å². The molecule has 31 heavy (non-hydrogen) atoms. The van der Waals surface area contributed by atoms with E-state index in [4.69, 9.17) is 9.47 Å². The minimum Gasteiger partial charge on any atom is -0.490 e. The predicted molar refractivity (Wildman–Crippen MR) is 115 cm³/mol. The second kappa shape index (κ2) is 8.41. The summed E-state index contributed by atoms with van der Waals surface area (Å²) in [5.41, 5.74) is 0.788. The first-order valence-corrected chi connectivity index (χ1v) is 10.4. The molecule has 164 valence electrons. The molecule has 0 unspecified atom stereocenters. The van der Waals surface area contributed by atoms with Crippen LogP contribution in [0.15, 0.2) is 36.7 Å². The molecule has 0 radical (unpaired) electrons. The van der Waals surface area contributed by atoms with Crippen molar-refractivity contribution in [1.29, 1.82) is 0 Å². The highest BCUT2D eigenvalue weighted by atomic mass is 16.6. The smallest absolute Gasteiger partial charge is 0.410 e. The number of amides is 2. The second-order valence-electron chi connectivity index (χ2n) is 8.62. The van der Waals surface area contributed by atoms with Gasteiger partial charge in [-0.3, -0.25) is 4.79 Å². The molecule has 1 aromatic carbocycles. The third kappa shape index (κ3) is 4.87. The monoisotopic (exact) mass is 425 g/mol. The number of carbonyl (C=O) groups excluding carboxylic acids is 2. The lowest BCUT2D eigenvalue weighted by molar-refractivity contribution is 0.0290. The van der Waals surface area contributed by atoms with Gasteiger partial charge in [-0.05, 0) is 51.5 Å². The van der Waals surface area contributed by atoms with Crippen molar-refractivity contribution in [3.05, 3.63) is 42.2 Å². The van der Waals surface area contributed by atoms with E-state index in [9.17, 15) is 9.59 Å². The number of nitrogens with one attached hydrogen (secondary N) is 1.